The van der Waals surface area contributed by atoms with Crippen LogP contribution in [0.25, 0.3) is 0 Å². The molecule has 1 aliphatic rings. The molecule has 0 N–H and O–H groups in total. The van der Waals surface area contributed by atoms with Gasteiger partial charge in [-0.2, -0.15) is 0 Å². The number of cyclic esters (lactones) is 1. The summed E-state index contributed by atoms with van der Waals surface area (Å²) in [4.78, 5) is 22.1. The van der Waals surface area contributed by atoms with Crippen molar-refractivity contribution in [2.45, 2.75) is 18.9 Å². The number of ketones is 1. The average molecular weight is 190 g/mol. The topological polar surface area (TPSA) is 43.4 Å². The van der Waals surface area contributed by atoms with E-state index in [0.717, 1.165) is 5.56 Å². The van der Waals surface area contributed by atoms with Crippen LogP contribution in [0, 0.1) is 0 Å². The molecule has 1 heterocycles. The van der Waals surface area contributed by atoms with Gasteiger partial charge in [-0.15, -0.1) is 0 Å². The predicted molar refractivity (Wildman–Crippen MR) is 49.5 cm³/mol. The minimum Gasteiger partial charge on any atom is -0.448 e. The van der Waals surface area contributed by atoms with Gasteiger partial charge in [0.05, 0.1) is 6.42 Å². The molecule has 0 bridgehead atoms. The number of Topliss-reactive ketones (excluding diaryl/α,β-unsaturated/α-hetero) is 1. The predicted octanol–water partition coefficient (Wildman–Crippen LogP) is 1.42. The van der Waals surface area contributed by atoms with Crippen LogP contribution in [0.15, 0.2) is 30.3 Å². The standard InChI is InChI=1S/C11H10O3/c1-11(7-9(12)10(13)14-11)8-5-3-2-4-6-8/h2-6H,7H2,1H3. The van der Waals surface area contributed by atoms with Crippen molar-refractivity contribution in [3.63, 3.8) is 0 Å². The van der Waals surface area contributed by atoms with Gasteiger partial charge in [-0.1, -0.05) is 30.3 Å². The molecule has 3 nitrogen and oxygen atoms in total. The summed E-state index contributed by atoms with van der Waals surface area (Å²) in [5.74, 6) is -1.17. The van der Waals surface area contributed by atoms with Gasteiger partial charge in [-0.3, -0.25) is 4.79 Å². The molecule has 0 aliphatic carbocycles. The van der Waals surface area contributed by atoms with Crippen molar-refractivity contribution < 1.29 is 14.3 Å². The highest BCUT2D eigenvalue weighted by molar-refractivity contribution is 6.35. The number of rotatable bonds is 1. The Bertz CT molecular complexity index is 365. The molecule has 0 saturated carbocycles. The third-order valence-electron chi connectivity index (χ3n) is 2.43. The van der Waals surface area contributed by atoms with E-state index in [2.05, 4.69) is 0 Å². The van der Waals surface area contributed by atoms with E-state index in [0.29, 0.717) is 0 Å². The number of esters is 1. The zero-order valence-corrected chi connectivity index (χ0v) is 7.82. The second-order valence-corrected chi connectivity index (χ2v) is 3.59. The quantitative estimate of drug-likeness (QED) is 0.497. The van der Waals surface area contributed by atoms with Gasteiger partial charge in [0, 0.05) is 0 Å². The van der Waals surface area contributed by atoms with Crippen LogP contribution in [0.5, 0.6) is 0 Å². The fraction of sp³-hybridized carbons (Fsp3) is 0.273. The van der Waals surface area contributed by atoms with Crippen molar-refractivity contribution in [3.05, 3.63) is 35.9 Å². The van der Waals surface area contributed by atoms with Gasteiger partial charge in [0.15, 0.2) is 0 Å². The summed E-state index contributed by atoms with van der Waals surface area (Å²) in [6, 6.07) is 9.30. The molecule has 14 heavy (non-hydrogen) atoms. The Hall–Kier alpha value is -1.64. The van der Waals surface area contributed by atoms with Crippen molar-refractivity contribution in [2.24, 2.45) is 0 Å². The molecule has 1 unspecified atom stereocenters. The Morgan fingerprint density at radius 2 is 1.86 bits per heavy atom. The van der Waals surface area contributed by atoms with Gasteiger partial charge >= 0.3 is 5.97 Å². The minimum absolute atomic E-state index is 0.135. The molecule has 2 rings (SSSR count). The second kappa shape index (κ2) is 2.94. The molecule has 1 saturated heterocycles. The third kappa shape index (κ3) is 1.31. The molecule has 1 aliphatic heterocycles. The molecule has 0 spiro atoms. The first-order chi connectivity index (χ1) is 6.62. The zero-order valence-electron chi connectivity index (χ0n) is 7.82. The molecular weight excluding hydrogens is 180 g/mol. The van der Waals surface area contributed by atoms with Crippen LogP contribution in [-0.2, 0) is 19.9 Å². The van der Waals surface area contributed by atoms with E-state index in [4.69, 9.17) is 4.74 Å². The molecule has 1 fully saturated rings. The maximum absolute atomic E-state index is 11.1. The molecule has 0 amide bonds. The Kier molecular flexibility index (Phi) is 1.88. The maximum atomic E-state index is 11.1. The van der Waals surface area contributed by atoms with Gasteiger partial charge in [0.25, 0.3) is 0 Å². The SMILES string of the molecule is CC1(c2ccccc2)CC(=O)C(=O)O1. The number of ether oxygens (including phenoxy) is 1. The Morgan fingerprint density at radius 3 is 2.36 bits per heavy atom. The summed E-state index contributed by atoms with van der Waals surface area (Å²) in [5, 5.41) is 0. The van der Waals surface area contributed by atoms with E-state index in [1.165, 1.54) is 0 Å². The molecule has 0 radical (unpaired) electrons. The highest BCUT2D eigenvalue weighted by Gasteiger charge is 2.43. The summed E-state index contributed by atoms with van der Waals surface area (Å²) >= 11 is 0. The van der Waals surface area contributed by atoms with Crippen LogP contribution in [0.2, 0.25) is 0 Å². The Balaban J connectivity index is 2.36. The normalized spacial score (nSPS) is 26.4. The van der Waals surface area contributed by atoms with Gasteiger partial charge in [0.1, 0.15) is 5.60 Å². The lowest BCUT2D eigenvalue weighted by atomic mass is 9.93. The van der Waals surface area contributed by atoms with Crippen LogP contribution in [0.4, 0.5) is 0 Å². The van der Waals surface area contributed by atoms with Crippen LogP contribution in [0.1, 0.15) is 18.9 Å². The van der Waals surface area contributed by atoms with E-state index in [1.54, 1.807) is 6.92 Å². The third-order valence-corrected chi connectivity index (χ3v) is 2.43. The Labute approximate surface area is 81.7 Å². The number of hydrogen-bond acceptors (Lipinski definition) is 3. The lowest BCUT2D eigenvalue weighted by molar-refractivity contribution is -0.153. The summed E-state index contributed by atoms with van der Waals surface area (Å²) in [6.45, 7) is 1.76. The molecule has 1 aromatic carbocycles. The van der Waals surface area contributed by atoms with Gasteiger partial charge in [0.2, 0.25) is 5.78 Å². The van der Waals surface area contributed by atoms with Gasteiger partial charge in [-0.05, 0) is 12.5 Å². The molecule has 3 heteroatoms. The average Bonchev–Trinajstić information content (AvgIpc) is 2.44. The lowest BCUT2D eigenvalue weighted by Gasteiger charge is -2.21. The first kappa shape index (κ1) is 8.94. The van der Waals surface area contributed by atoms with E-state index in [9.17, 15) is 9.59 Å². The van der Waals surface area contributed by atoms with Crippen molar-refractivity contribution in [3.8, 4) is 0 Å². The van der Waals surface area contributed by atoms with E-state index >= 15 is 0 Å². The minimum atomic E-state index is -0.768. The largest absolute Gasteiger partial charge is 0.448 e. The summed E-state index contributed by atoms with van der Waals surface area (Å²) in [7, 11) is 0. The van der Waals surface area contributed by atoms with Crippen LogP contribution < -0.4 is 0 Å². The lowest BCUT2D eigenvalue weighted by Crippen LogP contribution is -2.20. The van der Waals surface area contributed by atoms with Crippen LogP contribution >= 0.6 is 0 Å². The fourth-order valence-corrected chi connectivity index (χ4v) is 1.63. The molecule has 0 aromatic heterocycles. The van der Waals surface area contributed by atoms with Crippen molar-refractivity contribution >= 4 is 11.8 Å². The van der Waals surface area contributed by atoms with E-state index in [-0.39, 0.29) is 6.42 Å². The number of hydrogen-bond donors (Lipinski definition) is 0. The van der Waals surface area contributed by atoms with E-state index < -0.39 is 17.4 Å². The summed E-state index contributed by atoms with van der Waals surface area (Å²) in [5.41, 5.74) is 0.0919. The van der Waals surface area contributed by atoms with Gasteiger partial charge < -0.3 is 4.74 Å². The van der Waals surface area contributed by atoms with E-state index in [1.807, 2.05) is 30.3 Å². The van der Waals surface area contributed by atoms with Crippen LogP contribution in [-0.4, -0.2) is 11.8 Å². The first-order valence-corrected chi connectivity index (χ1v) is 4.43. The van der Waals surface area contributed by atoms with Crippen molar-refractivity contribution in [1.82, 2.24) is 0 Å². The van der Waals surface area contributed by atoms with Crippen molar-refractivity contribution in [2.75, 3.05) is 0 Å². The first-order valence-electron chi connectivity index (χ1n) is 4.43. The second-order valence-electron chi connectivity index (χ2n) is 3.59. The zero-order chi connectivity index (χ0) is 10.2. The smallest absolute Gasteiger partial charge is 0.375 e. The van der Waals surface area contributed by atoms with Crippen LogP contribution in [0.3, 0.4) is 0 Å². The van der Waals surface area contributed by atoms with Gasteiger partial charge in [-0.25, -0.2) is 4.79 Å². The molecule has 1 atom stereocenters. The molecule has 1 aromatic rings. The molecular formula is C11H10O3. The summed E-state index contributed by atoms with van der Waals surface area (Å²) in [6.07, 6.45) is 0.135. The number of carbonyl (C=O) groups is 2. The monoisotopic (exact) mass is 190 g/mol. The highest BCUT2D eigenvalue weighted by Crippen LogP contribution is 2.34. The fourth-order valence-electron chi connectivity index (χ4n) is 1.63. The van der Waals surface area contributed by atoms with Crippen molar-refractivity contribution in [1.29, 1.82) is 0 Å². The number of benzene rings is 1. The highest BCUT2D eigenvalue weighted by atomic mass is 16.6. The molecule has 72 valence electrons. The maximum Gasteiger partial charge on any atom is 0.375 e. The summed E-state index contributed by atoms with van der Waals surface area (Å²) < 4.78 is 5.06. The Morgan fingerprint density at radius 1 is 1.21 bits per heavy atom. The number of carbonyl (C=O) groups excluding carboxylic acids is 2.